The first-order valence-electron chi connectivity index (χ1n) is 6.96. The molecule has 2 amide bonds. The SMILES string of the molecule is CC(C)NC(=O)CN(C)[C@H](C)C(=O)Nc1ccc(Cl)cc1Cl. The van der Waals surface area contributed by atoms with Crippen molar-refractivity contribution in [3.8, 4) is 0 Å². The molecule has 122 valence electrons. The molecule has 7 heteroatoms. The summed E-state index contributed by atoms with van der Waals surface area (Å²) in [4.78, 5) is 25.6. The average Bonchev–Trinajstić information content (AvgIpc) is 2.39. The topological polar surface area (TPSA) is 61.4 Å². The predicted molar refractivity (Wildman–Crippen MR) is 90.5 cm³/mol. The summed E-state index contributed by atoms with van der Waals surface area (Å²) >= 11 is 11.8. The standard InChI is InChI=1S/C15H21Cl2N3O2/c1-9(2)18-14(21)8-20(4)10(3)15(22)19-13-6-5-11(16)7-12(13)17/h5-7,9-10H,8H2,1-4H3,(H,18,21)(H,19,22)/t10-/m1/s1. The molecule has 5 nitrogen and oxygen atoms in total. The van der Waals surface area contributed by atoms with Crippen LogP contribution in [-0.4, -0.2) is 42.4 Å². The van der Waals surface area contributed by atoms with Crippen LogP contribution < -0.4 is 10.6 Å². The molecular formula is C15H21Cl2N3O2. The molecule has 1 rings (SSSR count). The second-order valence-electron chi connectivity index (χ2n) is 5.43. The highest BCUT2D eigenvalue weighted by atomic mass is 35.5. The molecular weight excluding hydrogens is 325 g/mol. The number of benzene rings is 1. The van der Waals surface area contributed by atoms with E-state index in [1.54, 1.807) is 37.1 Å². The van der Waals surface area contributed by atoms with Gasteiger partial charge in [-0.05, 0) is 46.0 Å². The Morgan fingerprint density at radius 1 is 1.23 bits per heavy atom. The van der Waals surface area contributed by atoms with Crippen molar-refractivity contribution in [2.24, 2.45) is 0 Å². The third-order valence-electron chi connectivity index (χ3n) is 3.07. The summed E-state index contributed by atoms with van der Waals surface area (Å²) in [5, 5.41) is 6.38. The van der Waals surface area contributed by atoms with E-state index in [0.717, 1.165) is 0 Å². The summed E-state index contributed by atoms with van der Waals surface area (Å²) < 4.78 is 0. The minimum absolute atomic E-state index is 0.0675. The summed E-state index contributed by atoms with van der Waals surface area (Å²) in [7, 11) is 1.72. The molecule has 0 unspecified atom stereocenters. The summed E-state index contributed by atoms with van der Waals surface area (Å²) in [6.07, 6.45) is 0. The molecule has 0 bridgehead atoms. The molecule has 1 aromatic rings. The van der Waals surface area contributed by atoms with E-state index in [1.165, 1.54) is 0 Å². The second kappa shape index (κ2) is 8.36. The van der Waals surface area contributed by atoms with Crippen LogP contribution in [0.15, 0.2) is 18.2 Å². The molecule has 0 aromatic heterocycles. The van der Waals surface area contributed by atoms with Crippen molar-refractivity contribution < 1.29 is 9.59 Å². The van der Waals surface area contributed by atoms with Crippen LogP contribution in [0.1, 0.15) is 20.8 Å². The van der Waals surface area contributed by atoms with E-state index in [9.17, 15) is 9.59 Å². The molecule has 1 atom stereocenters. The van der Waals surface area contributed by atoms with Crippen LogP contribution in [0.25, 0.3) is 0 Å². The van der Waals surface area contributed by atoms with Gasteiger partial charge in [0.25, 0.3) is 0 Å². The van der Waals surface area contributed by atoms with Crippen molar-refractivity contribution >= 4 is 40.7 Å². The third kappa shape index (κ3) is 5.83. The van der Waals surface area contributed by atoms with Gasteiger partial charge in [-0.15, -0.1) is 0 Å². The van der Waals surface area contributed by atoms with Gasteiger partial charge in [0.2, 0.25) is 11.8 Å². The van der Waals surface area contributed by atoms with Gasteiger partial charge in [-0.3, -0.25) is 14.5 Å². The number of carbonyl (C=O) groups is 2. The number of halogens is 2. The molecule has 0 aliphatic rings. The first-order valence-corrected chi connectivity index (χ1v) is 7.71. The Bertz CT molecular complexity index is 550. The quantitative estimate of drug-likeness (QED) is 0.833. The zero-order chi connectivity index (χ0) is 16.9. The zero-order valence-electron chi connectivity index (χ0n) is 13.1. The first kappa shape index (κ1) is 18.7. The number of hydrogen-bond donors (Lipinski definition) is 2. The Hall–Kier alpha value is -1.30. The third-order valence-corrected chi connectivity index (χ3v) is 3.62. The molecule has 0 fully saturated rings. The maximum atomic E-state index is 12.2. The van der Waals surface area contributed by atoms with Crippen LogP contribution in [0.2, 0.25) is 10.0 Å². The fourth-order valence-corrected chi connectivity index (χ4v) is 2.21. The van der Waals surface area contributed by atoms with E-state index >= 15 is 0 Å². The summed E-state index contributed by atoms with van der Waals surface area (Å²) in [5.74, 6) is -0.370. The van der Waals surface area contributed by atoms with Crippen LogP contribution in [0, 0.1) is 0 Å². The largest absolute Gasteiger partial charge is 0.353 e. The maximum absolute atomic E-state index is 12.2. The highest BCUT2D eigenvalue weighted by molar-refractivity contribution is 6.36. The molecule has 0 aliphatic carbocycles. The van der Waals surface area contributed by atoms with E-state index in [0.29, 0.717) is 15.7 Å². The van der Waals surface area contributed by atoms with Crippen LogP contribution in [0.5, 0.6) is 0 Å². The Kier molecular flexibility index (Phi) is 7.13. The van der Waals surface area contributed by atoms with E-state index in [-0.39, 0.29) is 24.4 Å². The van der Waals surface area contributed by atoms with Gasteiger partial charge in [-0.2, -0.15) is 0 Å². The minimum Gasteiger partial charge on any atom is -0.353 e. The van der Waals surface area contributed by atoms with Gasteiger partial charge in [-0.25, -0.2) is 0 Å². The second-order valence-corrected chi connectivity index (χ2v) is 6.27. The molecule has 0 spiro atoms. The molecule has 0 aliphatic heterocycles. The molecule has 22 heavy (non-hydrogen) atoms. The number of nitrogens with one attached hydrogen (secondary N) is 2. The normalized spacial score (nSPS) is 12.4. The summed E-state index contributed by atoms with van der Waals surface area (Å²) in [6, 6.07) is 4.43. The van der Waals surface area contributed by atoms with Gasteiger partial charge in [0.15, 0.2) is 0 Å². The van der Waals surface area contributed by atoms with Crippen LogP contribution >= 0.6 is 23.2 Å². The van der Waals surface area contributed by atoms with Crippen molar-refractivity contribution in [2.45, 2.75) is 32.9 Å². The van der Waals surface area contributed by atoms with E-state index in [2.05, 4.69) is 10.6 Å². The van der Waals surface area contributed by atoms with Crippen LogP contribution in [0.3, 0.4) is 0 Å². The zero-order valence-corrected chi connectivity index (χ0v) is 14.6. The lowest BCUT2D eigenvalue weighted by atomic mass is 10.2. The lowest BCUT2D eigenvalue weighted by molar-refractivity contribution is -0.125. The maximum Gasteiger partial charge on any atom is 0.241 e. The Morgan fingerprint density at radius 2 is 1.86 bits per heavy atom. The Morgan fingerprint density at radius 3 is 2.41 bits per heavy atom. The number of amides is 2. The van der Waals surface area contributed by atoms with E-state index in [4.69, 9.17) is 23.2 Å². The van der Waals surface area contributed by atoms with Gasteiger partial charge in [0.1, 0.15) is 0 Å². The van der Waals surface area contributed by atoms with Crippen molar-refractivity contribution in [1.82, 2.24) is 10.2 Å². The summed E-state index contributed by atoms with van der Waals surface area (Å²) in [5.41, 5.74) is 0.489. The lowest BCUT2D eigenvalue weighted by Crippen LogP contribution is -2.46. The van der Waals surface area contributed by atoms with E-state index < -0.39 is 6.04 Å². The minimum atomic E-state index is -0.482. The number of rotatable bonds is 6. The summed E-state index contributed by atoms with van der Waals surface area (Å²) in [6.45, 7) is 5.63. The molecule has 0 saturated heterocycles. The number of anilines is 1. The monoisotopic (exact) mass is 345 g/mol. The smallest absolute Gasteiger partial charge is 0.241 e. The van der Waals surface area contributed by atoms with Crippen molar-refractivity contribution in [2.75, 3.05) is 18.9 Å². The van der Waals surface area contributed by atoms with Gasteiger partial charge in [-0.1, -0.05) is 23.2 Å². The van der Waals surface area contributed by atoms with Gasteiger partial charge in [0, 0.05) is 11.1 Å². The molecule has 0 heterocycles. The average molecular weight is 346 g/mol. The Labute approximate surface area is 141 Å². The van der Waals surface area contributed by atoms with Crippen molar-refractivity contribution in [1.29, 1.82) is 0 Å². The number of nitrogens with zero attached hydrogens (tertiary/aromatic N) is 1. The van der Waals surface area contributed by atoms with Crippen LogP contribution in [0.4, 0.5) is 5.69 Å². The van der Waals surface area contributed by atoms with Gasteiger partial charge in [0.05, 0.1) is 23.3 Å². The molecule has 0 radical (unpaired) electrons. The van der Waals surface area contributed by atoms with Crippen molar-refractivity contribution in [3.05, 3.63) is 28.2 Å². The number of hydrogen-bond acceptors (Lipinski definition) is 3. The fourth-order valence-electron chi connectivity index (χ4n) is 1.76. The van der Waals surface area contributed by atoms with Crippen molar-refractivity contribution in [3.63, 3.8) is 0 Å². The number of likely N-dealkylation sites (N-methyl/N-ethyl adjacent to an activating group) is 1. The van der Waals surface area contributed by atoms with E-state index in [1.807, 2.05) is 13.8 Å². The predicted octanol–water partition coefficient (Wildman–Crippen LogP) is 2.78. The number of carbonyl (C=O) groups excluding carboxylic acids is 2. The highest BCUT2D eigenvalue weighted by Crippen LogP contribution is 2.25. The Balaban J connectivity index is 2.62. The van der Waals surface area contributed by atoms with Gasteiger partial charge >= 0.3 is 0 Å². The molecule has 1 aromatic carbocycles. The van der Waals surface area contributed by atoms with Crippen LogP contribution in [-0.2, 0) is 9.59 Å². The highest BCUT2D eigenvalue weighted by Gasteiger charge is 2.21. The molecule has 2 N–H and O–H groups in total. The molecule has 0 saturated carbocycles. The van der Waals surface area contributed by atoms with Gasteiger partial charge < -0.3 is 10.6 Å². The lowest BCUT2D eigenvalue weighted by Gasteiger charge is -2.24. The fraction of sp³-hybridized carbons (Fsp3) is 0.467. The first-order chi connectivity index (χ1) is 10.2.